The van der Waals surface area contributed by atoms with Crippen molar-refractivity contribution in [3.8, 4) is 0 Å². The van der Waals surface area contributed by atoms with Crippen molar-refractivity contribution in [1.82, 2.24) is 5.32 Å². The number of piperidine rings is 1. The molecule has 2 atom stereocenters. The van der Waals surface area contributed by atoms with Crippen LogP contribution in [-0.2, 0) is 0 Å². The Morgan fingerprint density at radius 1 is 1.23 bits per heavy atom. The maximum atomic E-state index is 3.59. The molecule has 0 bridgehead atoms. The highest BCUT2D eigenvalue weighted by Crippen LogP contribution is 2.28. The summed E-state index contributed by atoms with van der Waals surface area (Å²) in [5.41, 5.74) is 1.44. The second-order valence-electron chi connectivity index (χ2n) is 3.96. The Bertz CT molecular complexity index is 255. The van der Waals surface area contributed by atoms with Gasteiger partial charge in [-0.2, -0.15) is 0 Å². The normalized spacial score (nSPS) is 28.7. The molecule has 0 aliphatic carbocycles. The largest absolute Gasteiger partial charge is 0.310 e. The van der Waals surface area contributed by atoms with Crippen molar-refractivity contribution in [3.63, 3.8) is 0 Å². The van der Waals surface area contributed by atoms with Gasteiger partial charge >= 0.3 is 0 Å². The molecule has 1 saturated heterocycles. The Hall–Kier alpha value is -0.820. The van der Waals surface area contributed by atoms with Gasteiger partial charge in [0.15, 0.2) is 0 Å². The number of nitrogens with one attached hydrogen (secondary N) is 1. The van der Waals surface area contributed by atoms with Gasteiger partial charge in [-0.15, -0.1) is 0 Å². The van der Waals surface area contributed by atoms with Gasteiger partial charge < -0.3 is 5.32 Å². The summed E-state index contributed by atoms with van der Waals surface area (Å²) in [6.07, 6.45) is 2.68. The Balaban J connectivity index is 2.15. The Morgan fingerprint density at radius 3 is 2.69 bits per heavy atom. The van der Waals surface area contributed by atoms with Crippen LogP contribution >= 0.6 is 0 Å². The quantitative estimate of drug-likeness (QED) is 0.692. The summed E-state index contributed by atoms with van der Waals surface area (Å²) < 4.78 is 0. The highest BCUT2D eigenvalue weighted by Gasteiger charge is 2.21. The van der Waals surface area contributed by atoms with Gasteiger partial charge in [0.2, 0.25) is 0 Å². The van der Waals surface area contributed by atoms with Gasteiger partial charge in [-0.3, -0.25) is 0 Å². The lowest BCUT2D eigenvalue weighted by molar-refractivity contribution is 0.306. The van der Waals surface area contributed by atoms with Gasteiger partial charge in [0.1, 0.15) is 0 Å². The van der Waals surface area contributed by atoms with Crippen LogP contribution in [0.1, 0.15) is 31.4 Å². The third-order valence-corrected chi connectivity index (χ3v) is 2.93. The monoisotopic (exact) mass is 175 g/mol. The molecule has 2 rings (SSSR count). The third-order valence-electron chi connectivity index (χ3n) is 2.93. The van der Waals surface area contributed by atoms with E-state index in [2.05, 4.69) is 42.6 Å². The fourth-order valence-corrected chi connectivity index (χ4v) is 2.16. The van der Waals surface area contributed by atoms with E-state index in [9.17, 15) is 0 Å². The van der Waals surface area contributed by atoms with Crippen LogP contribution in [0, 0.1) is 5.92 Å². The molecule has 0 saturated carbocycles. The maximum Gasteiger partial charge on any atom is 0.0346 e. The molecule has 0 aromatic heterocycles. The van der Waals surface area contributed by atoms with E-state index in [0.29, 0.717) is 6.04 Å². The van der Waals surface area contributed by atoms with Crippen LogP contribution in [0.25, 0.3) is 0 Å². The minimum atomic E-state index is 0.579. The van der Waals surface area contributed by atoms with E-state index >= 15 is 0 Å². The van der Waals surface area contributed by atoms with Crippen LogP contribution in [0.3, 0.4) is 0 Å². The van der Waals surface area contributed by atoms with Gasteiger partial charge in [0, 0.05) is 6.04 Å². The van der Waals surface area contributed by atoms with Gasteiger partial charge in [0.05, 0.1) is 0 Å². The Kier molecular flexibility index (Phi) is 2.65. The van der Waals surface area contributed by atoms with Crippen LogP contribution in [0.2, 0.25) is 0 Å². The van der Waals surface area contributed by atoms with Gasteiger partial charge in [-0.05, 0) is 30.9 Å². The standard InChI is InChI=1S/C12H17N/c1-10-6-5-9-13-12(10)11-7-3-2-4-8-11/h2-4,7-8,10,12-13H,5-6,9H2,1H3/t10-,12-/m1/s1. The molecule has 1 heterocycles. The molecule has 0 radical (unpaired) electrons. The molecule has 1 fully saturated rings. The first-order valence-corrected chi connectivity index (χ1v) is 5.16. The van der Waals surface area contributed by atoms with Crippen LogP contribution in [-0.4, -0.2) is 6.54 Å². The van der Waals surface area contributed by atoms with Gasteiger partial charge in [-0.25, -0.2) is 0 Å². The summed E-state index contributed by atoms with van der Waals surface area (Å²) >= 11 is 0. The summed E-state index contributed by atoms with van der Waals surface area (Å²) in [4.78, 5) is 0. The maximum absolute atomic E-state index is 3.59. The second-order valence-corrected chi connectivity index (χ2v) is 3.96. The fourth-order valence-electron chi connectivity index (χ4n) is 2.16. The first-order valence-electron chi connectivity index (χ1n) is 5.16. The van der Waals surface area contributed by atoms with Gasteiger partial charge in [-0.1, -0.05) is 37.3 Å². The smallest absolute Gasteiger partial charge is 0.0346 e. The zero-order chi connectivity index (χ0) is 9.10. The van der Waals surface area contributed by atoms with E-state index < -0.39 is 0 Å². The molecule has 0 amide bonds. The van der Waals surface area contributed by atoms with Crippen molar-refractivity contribution in [2.24, 2.45) is 5.92 Å². The summed E-state index contributed by atoms with van der Waals surface area (Å²) in [6, 6.07) is 11.3. The van der Waals surface area contributed by atoms with Crippen LogP contribution in [0.4, 0.5) is 0 Å². The summed E-state index contributed by atoms with van der Waals surface area (Å²) in [7, 11) is 0. The topological polar surface area (TPSA) is 12.0 Å². The minimum Gasteiger partial charge on any atom is -0.310 e. The Labute approximate surface area is 80.2 Å². The third kappa shape index (κ3) is 1.92. The lowest BCUT2D eigenvalue weighted by Gasteiger charge is -2.30. The SMILES string of the molecule is C[C@@H]1CCCN[C@H]1c1ccccc1. The zero-order valence-electron chi connectivity index (χ0n) is 8.16. The van der Waals surface area contributed by atoms with Crippen molar-refractivity contribution < 1.29 is 0 Å². The first-order chi connectivity index (χ1) is 6.38. The highest BCUT2D eigenvalue weighted by molar-refractivity contribution is 5.19. The first kappa shape index (κ1) is 8.76. The molecule has 13 heavy (non-hydrogen) atoms. The minimum absolute atomic E-state index is 0.579. The molecule has 1 aliphatic heterocycles. The van der Waals surface area contributed by atoms with Crippen molar-refractivity contribution in [3.05, 3.63) is 35.9 Å². The predicted octanol–water partition coefficient (Wildman–Crippen LogP) is 2.75. The van der Waals surface area contributed by atoms with Crippen molar-refractivity contribution >= 4 is 0 Å². The van der Waals surface area contributed by atoms with E-state index in [0.717, 1.165) is 5.92 Å². The van der Waals surface area contributed by atoms with Gasteiger partial charge in [0.25, 0.3) is 0 Å². The molecule has 1 aromatic rings. The molecular formula is C12H17N. The Morgan fingerprint density at radius 2 is 2.00 bits per heavy atom. The van der Waals surface area contributed by atoms with E-state index in [1.54, 1.807) is 0 Å². The van der Waals surface area contributed by atoms with E-state index in [1.165, 1.54) is 24.9 Å². The van der Waals surface area contributed by atoms with E-state index in [-0.39, 0.29) is 0 Å². The zero-order valence-corrected chi connectivity index (χ0v) is 8.16. The summed E-state index contributed by atoms with van der Waals surface area (Å²) in [5.74, 6) is 0.774. The van der Waals surface area contributed by atoms with Crippen molar-refractivity contribution in [1.29, 1.82) is 0 Å². The summed E-state index contributed by atoms with van der Waals surface area (Å²) in [5, 5.41) is 3.59. The van der Waals surface area contributed by atoms with Crippen molar-refractivity contribution in [2.45, 2.75) is 25.8 Å². The number of rotatable bonds is 1. The molecular weight excluding hydrogens is 158 g/mol. The summed E-state index contributed by atoms with van der Waals surface area (Å²) in [6.45, 7) is 3.51. The number of hydrogen-bond acceptors (Lipinski definition) is 1. The molecule has 0 spiro atoms. The lowest BCUT2D eigenvalue weighted by Crippen LogP contribution is -2.32. The average molecular weight is 175 g/mol. The molecule has 1 aliphatic rings. The lowest BCUT2D eigenvalue weighted by atomic mass is 9.88. The van der Waals surface area contributed by atoms with Crippen LogP contribution < -0.4 is 5.32 Å². The van der Waals surface area contributed by atoms with E-state index in [1.807, 2.05) is 0 Å². The molecule has 1 N–H and O–H groups in total. The molecule has 1 heteroatoms. The van der Waals surface area contributed by atoms with Crippen molar-refractivity contribution in [2.75, 3.05) is 6.54 Å². The molecule has 1 nitrogen and oxygen atoms in total. The fraction of sp³-hybridized carbons (Fsp3) is 0.500. The van der Waals surface area contributed by atoms with Crippen LogP contribution in [0.5, 0.6) is 0 Å². The number of benzene rings is 1. The second kappa shape index (κ2) is 3.93. The highest BCUT2D eigenvalue weighted by atomic mass is 14.9. The molecule has 70 valence electrons. The van der Waals surface area contributed by atoms with E-state index in [4.69, 9.17) is 0 Å². The predicted molar refractivity (Wildman–Crippen MR) is 55.6 cm³/mol. The van der Waals surface area contributed by atoms with Crippen LogP contribution in [0.15, 0.2) is 30.3 Å². The molecule has 1 aromatic carbocycles. The number of hydrogen-bond donors (Lipinski definition) is 1. The molecule has 0 unspecified atom stereocenters. The average Bonchev–Trinajstić information content (AvgIpc) is 2.20.